The second-order valence-electron chi connectivity index (χ2n) is 5.82. The summed E-state index contributed by atoms with van der Waals surface area (Å²) in [5, 5.41) is 9.14. The van der Waals surface area contributed by atoms with Gasteiger partial charge in [-0.25, -0.2) is 4.72 Å². The molecule has 0 spiro atoms. The van der Waals surface area contributed by atoms with Crippen LogP contribution in [-0.2, 0) is 14.9 Å². The molecule has 1 atom stereocenters. The normalized spacial score (nSPS) is 24.9. The fourth-order valence-corrected chi connectivity index (χ4v) is 3.76. The highest BCUT2D eigenvalue weighted by atomic mass is 32.2. The van der Waals surface area contributed by atoms with Crippen molar-refractivity contribution < 1.29 is 18.3 Å². The summed E-state index contributed by atoms with van der Waals surface area (Å²) in [6.45, 7) is 2.86. The minimum atomic E-state index is -3.40. The Balaban J connectivity index is 1.61. The van der Waals surface area contributed by atoms with Crippen LogP contribution in [0, 0.1) is 11.8 Å². The van der Waals surface area contributed by atoms with Gasteiger partial charge in [-0.2, -0.15) is 12.7 Å². The average molecular weight is 306 g/mol. The Morgan fingerprint density at radius 3 is 2.75 bits per heavy atom. The van der Waals surface area contributed by atoms with Crippen molar-refractivity contribution in [2.45, 2.75) is 32.1 Å². The van der Waals surface area contributed by atoms with Gasteiger partial charge < -0.3 is 9.84 Å². The van der Waals surface area contributed by atoms with Gasteiger partial charge in [0.25, 0.3) is 10.2 Å². The molecule has 0 bridgehead atoms. The van der Waals surface area contributed by atoms with Crippen LogP contribution in [0.4, 0.5) is 0 Å². The van der Waals surface area contributed by atoms with E-state index in [2.05, 4.69) is 4.72 Å². The number of nitrogens with zero attached hydrogens (tertiary/aromatic N) is 1. The monoisotopic (exact) mass is 306 g/mol. The number of aliphatic hydroxyl groups is 1. The average Bonchev–Trinajstić information content (AvgIpc) is 3.27. The van der Waals surface area contributed by atoms with E-state index in [1.165, 1.54) is 17.1 Å². The minimum absolute atomic E-state index is 0.0566. The van der Waals surface area contributed by atoms with Crippen LogP contribution in [0.5, 0.6) is 0 Å². The number of hydrogen-bond donors (Lipinski definition) is 2. The topological polar surface area (TPSA) is 78.9 Å². The quantitative estimate of drug-likeness (QED) is 0.602. The maximum absolute atomic E-state index is 12.1. The summed E-state index contributed by atoms with van der Waals surface area (Å²) in [6, 6.07) is 0. The molecule has 1 saturated heterocycles. The Kier molecular flexibility index (Phi) is 6.22. The zero-order valence-corrected chi connectivity index (χ0v) is 12.8. The Labute approximate surface area is 121 Å². The SMILES string of the molecule is O=S(=O)(NCCCOCC1CC1)N1CCCC(CO)C1. The molecule has 7 heteroatoms. The predicted molar refractivity (Wildman–Crippen MR) is 76.5 cm³/mol. The van der Waals surface area contributed by atoms with Gasteiger partial charge in [0.05, 0.1) is 0 Å². The van der Waals surface area contributed by atoms with Crippen LogP contribution < -0.4 is 4.72 Å². The van der Waals surface area contributed by atoms with Gasteiger partial charge in [-0.15, -0.1) is 0 Å². The summed E-state index contributed by atoms with van der Waals surface area (Å²) < 4.78 is 33.7. The highest BCUT2D eigenvalue weighted by Gasteiger charge is 2.28. The number of nitrogens with one attached hydrogen (secondary N) is 1. The lowest BCUT2D eigenvalue weighted by molar-refractivity contribution is 0.123. The summed E-state index contributed by atoms with van der Waals surface area (Å²) in [6.07, 6.45) is 4.96. The van der Waals surface area contributed by atoms with E-state index in [1.54, 1.807) is 0 Å². The second kappa shape index (κ2) is 7.70. The molecule has 0 amide bonds. The van der Waals surface area contributed by atoms with Crippen LogP contribution in [0.3, 0.4) is 0 Å². The fraction of sp³-hybridized carbons (Fsp3) is 1.00. The van der Waals surface area contributed by atoms with Gasteiger partial charge in [-0.3, -0.25) is 0 Å². The second-order valence-corrected chi connectivity index (χ2v) is 7.58. The van der Waals surface area contributed by atoms with Gasteiger partial charge in [-0.05, 0) is 43.9 Å². The van der Waals surface area contributed by atoms with Crippen molar-refractivity contribution >= 4 is 10.2 Å². The molecule has 1 aliphatic carbocycles. The zero-order valence-electron chi connectivity index (χ0n) is 12.0. The Morgan fingerprint density at radius 2 is 2.05 bits per heavy atom. The number of piperidine rings is 1. The molecule has 1 unspecified atom stereocenters. The molecule has 0 aromatic rings. The zero-order chi connectivity index (χ0) is 14.4. The molecule has 2 N–H and O–H groups in total. The van der Waals surface area contributed by atoms with Gasteiger partial charge in [0, 0.05) is 39.5 Å². The van der Waals surface area contributed by atoms with Crippen LogP contribution in [0.1, 0.15) is 32.1 Å². The van der Waals surface area contributed by atoms with E-state index in [9.17, 15) is 8.42 Å². The predicted octanol–water partition coefficient (Wildman–Crippen LogP) is 0.342. The molecule has 1 heterocycles. The molecule has 0 radical (unpaired) electrons. The standard InChI is InChI=1S/C13H26N2O4S/c16-10-13-3-1-7-15(9-13)20(17,18)14-6-2-8-19-11-12-4-5-12/h12-14,16H,1-11H2. The molecule has 2 aliphatic rings. The van der Waals surface area contributed by atoms with Crippen molar-refractivity contribution in [2.24, 2.45) is 11.8 Å². The van der Waals surface area contributed by atoms with E-state index >= 15 is 0 Å². The van der Waals surface area contributed by atoms with E-state index in [0.717, 1.165) is 25.4 Å². The molecule has 2 rings (SSSR count). The maximum atomic E-state index is 12.1. The summed E-state index contributed by atoms with van der Waals surface area (Å²) in [5.41, 5.74) is 0. The van der Waals surface area contributed by atoms with Crippen molar-refractivity contribution in [1.29, 1.82) is 0 Å². The van der Waals surface area contributed by atoms with E-state index in [0.29, 0.717) is 32.7 Å². The van der Waals surface area contributed by atoms with Crippen LogP contribution in [0.15, 0.2) is 0 Å². The molecular formula is C13H26N2O4S. The Hall–Kier alpha value is -0.210. The lowest BCUT2D eigenvalue weighted by Gasteiger charge is -2.30. The number of ether oxygens (including phenoxy) is 1. The third kappa shape index (κ3) is 5.29. The van der Waals surface area contributed by atoms with E-state index in [1.807, 2.05) is 0 Å². The molecule has 20 heavy (non-hydrogen) atoms. The first-order valence-corrected chi connectivity index (χ1v) is 8.99. The molecule has 1 saturated carbocycles. The van der Waals surface area contributed by atoms with Crippen LogP contribution >= 0.6 is 0 Å². The van der Waals surface area contributed by atoms with Crippen LogP contribution in [0.25, 0.3) is 0 Å². The first-order chi connectivity index (χ1) is 9.62. The van der Waals surface area contributed by atoms with Gasteiger partial charge in [0.2, 0.25) is 0 Å². The summed E-state index contributed by atoms with van der Waals surface area (Å²) in [7, 11) is -3.40. The molecule has 0 aromatic carbocycles. The van der Waals surface area contributed by atoms with E-state index < -0.39 is 10.2 Å². The van der Waals surface area contributed by atoms with Gasteiger partial charge in [0.1, 0.15) is 0 Å². The summed E-state index contributed by atoms with van der Waals surface area (Å²) in [4.78, 5) is 0. The van der Waals surface area contributed by atoms with E-state index in [4.69, 9.17) is 9.84 Å². The van der Waals surface area contributed by atoms with Gasteiger partial charge in [-0.1, -0.05) is 0 Å². The lowest BCUT2D eigenvalue weighted by Crippen LogP contribution is -2.46. The van der Waals surface area contributed by atoms with Crippen LogP contribution in [0.2, 0.25) is 0 Å². The van der Waals surface area contributed by atoms with Crippen molar-refractivity contribution in [3.63, 3.8) is 0 Å². The number of rotatable bonds is 9. The highest BCUT2D eigenvalue weighted by molar-refractivity contribution is 7.87. The van der Waals surface area contributed by atoms with E-state index in [-0.39, 0.29) is 12.5 Å². The summed E-state index contributed by atoms with van der Waals surface area (Å²) >= 11 is 0. The van der Waals surface area contributed by atoms with Crippen LogP contribution in [-0.4, -0.2) is 57.3 Å². The molecule has 6 nitrogen and oxygen atoms in total. The van der Waals surface area contributed by atoms with Crippen molar-refractivity contribution in [3.8, 4) is 0 Å². The smallest absolute Gasteiger partial charge is 0.279 e. The third-order valence-corrected chi connectivity index (χ3v) is 5.46. The van der Waals surface area contributed by atoms with Gasteiger partial charge in [0.15, 0.2) is 0 Å². The van der Waals surface area contributed by atoms with Gasteiger partial charge >= 0.3 is 0 Å². The van der Waals surface area contributed by atoms with Crippen molar-refractivity contribution in [2.75, 3.05) is 39.5 Å². The molecular weight excluding hydrogens is 280 g/mol. The molecule has 2 fully saturated rings. The third-order valence-electron chi connectivity index (χ3n) is 3.88. The highest BCUT2D eigenvalue weighted by Crippen LogP contribution is 2.28. The van der Waals surface area contributed by atoms with Crippen molar-refractivity contribution in [1.82, 2.24) is 9.03 Å². The lowest BCUT2D eigenvalue weighted by atomic mass is 10.0. The van der Waals surface area contributed by atoms with Crippen molar-refractivity contribution in [3.05, 3.63) is 0 Å². The summed E-state index contributed by atoms with van der Waals surface area (Å²) in [5.74, 6) is 0.817. The molecule has 0 aromatic heterocycles. The Morgan fingerprint density at radius 1 is 1.25 bits per heavy atom. The molecule has 1 aliphatic heterocycles. The first kappa shape index (κ1) is 16.2. The minimum Gasteiger partial charge on any atom is -0.396 e. The fourth-order valence-electron chi connectivity index (χ4n) is 2.40. The molecule has 118 valence electrons. The first-order valence-electron chi connectivity index (χ1n) is 7.55. The Bertz CT molecular complexity index is 384. The number of aliphatic hydroxyl groups excluding tert-OH is 1. The maximum Gasteiger partial charge on any atom is 0.279 e. The largest absolute Gasteiger partial charge is 0.396 e. The number of hydrogen-bond acceptors (Lipinski definition) is 4.